The number of carbonyl (C=O) groups excluding carboxylic acids is 1. The summed E-state index contributed by atoms with van der Waals surface area (Å²) in [6.45, 7) is 3.87. The van der Waals surface area contributed by atoms with Gasteiger partial charge in [-0.25, -0.2) is 0 Å². The molecule has 9 heteroatoms. The number of amides is 1. The molecule has 2 aromatic rings. The molecule has 2 heterocycles. The summed E-state index contributed by atoms with van der Waals surface area (Å²) in [5.74, 6) is 0.139. The largest absolute Gasteiger partial charge is 0.433 e. The van der Waals surface area contributed by atoms with E-state index in [2.05, 4.69) is 27.4 Å². The van der Waals surface area contributed by atoms with Crippen LogP contribution in [0, 0.1) is 10.8 Å². The Hall–Kier alpha value is -2.45. The molecule has 0 aliphatic heterocycles. The smallest absolute Gasteiger partial charge is 0.344 e. The van der Waals surface area contributed by atoms with Crippen LogP contribution in [0.3, 0.4) is 0 Å². The Bertz CT molecular complexity index is 857. The Morgan fingerprint density at radius 3 is 2.65 bits per heavy atom. The van der Waals surface area contributed by atoms with Crippen molar-refractivity contribution < 1.29 is 22.5 Å². The Labute approximate surface area is 147 Å². The molecule has 26 heavy (non-hydrogen) atoms. The number of hydrogen-bond acceptors (Lipinski definition) is 5. The lowest BCUT2D eigenvalue weighted by molar-refractivity contribution is -0.200. The van der Waals surface area contributed by atoms with Gasteiger partial charge in [0.15, 0.2) is 0 Å². The van der Waals surface area contributed by atoms with Crippen LogP contribution >= 0.6 is 0 Å². The zero-order chi connectivity index (χ0) is 18.7. The standard InChI is InChI=1S/C17H17F3N4O2/c1-9(22-14(25)16-6-15(2,7-16)8-16)13-23-12(24-26-13)10-3-4-21-11(5-10)17(18,19)20/h3-5,9H,6-8H2,1-2H3,(H,22,25)/t9-,15?,16?/m0/s1. The van der Waals surface area contributed by atoms with Crippen molar-refractivity contribution in [2.75, 3.05) is 0 Å². The fraction of sp³-hybridized carbons (Fsp3) is 0.529. The highest BCUT2D eigenvalue weighted by Gasteiger charge is 2.68. The molecule has 1 N–H and O–H groups in total. The van der Waals surface area contributed by atoms with Crippen molar-refractivity contribution in [3.05, 3.63) is 29.9 Å². The second-order valence-corrected chi connectivity index (χ2v) is 7.70. The number of rotatable bonds is 4. The average molecular weight is 366 g/mol. The summed E-state index contributed by atoms with van der Waals surface area (Å²) >= 11 is 0. The fourth-order valence-electron chi connectivity index (χ4n) is 4.20. The predicted molar refractivity (Wildman–Crippen MR) is 83.5 cm³/mol. The first kappa shape index (κ1) is 17.0. The molecular weight excluding hydrogens is 349 g/mol. The van der Waals surface area contributed by atoms with Crippen LogP contribution in [0.15, 0.2) is 22.9 Å². The third-order valence-corrected chi connectivity index (χ3v) is 5.25. The van der Waals surface area contributed by atoms with E-state index in [0.29, 0.717) is 5.41 Å². The van der Waals surface area contributed by atoms with E-state index in [-0.39, 0.29) is 28.6 Å². The molecule has 5 rings (SSSR count). The second-order valence-electron chi connectivity index (χ2n) is 7.70. The third kappa shape index (κ3) is 2.65. The van der Waals surface area contributed by atoms with E-state index in [9.17, 15) is 18.0 Å². The van der Waals surface area contributed by atoms with E-state index in [1.807, 2.05) is 0 Å². The summed E-state index contributed by atoms with van der Waals surface area (Å²) in [6, 6.07) is 1.71. The van der Waals surface area contributed by atoms with Gasteiger partial charge in [0, 0.05) is 11.8 Å². The average Bonchev–Trinajstić information content (AvgIpc) is 3.00. The van der Waals surface area contributed by atoms with Gasteiger partial charge < -0.3 is 9.84 Å². The lowest BCUT2D eigenvalue weighted by atomic mass is 9.35. The van der Waals surface area contributed by atoms with E-state index < -0.39 is 17.9 Å². The molecule has 0 unspecified atom stereocenters. The molecule has 3 aliphatic carbocycles. The van der Waals surface area contributed by atoms with Crippen molar-refractivity contribution in [1.29, 1.82) is 0 Å². The lowest BCUT2D eigenvalue weighted by Gasteiger charge is -2.68. The first-order valence-corrected chi connectivity index (χ1v) is 8.29. The SMILES string of the molecule is C[C@H](NC(=O)C12CC(C)(C1)C2)c1nc(-c2ccnc(C(F)(F)F)c2)no1. The molecular formula is C17H17F3N4O2. The molecule has 0 spiro atoms. The summed E-state index contributed by atoms with van der Waals surface area (Å²) < 4.78 is 43.4. The number of alkyl halides is 3. The number of hydrogen-bond donors (Lipinski definition) is 1. The normalized spacial score (nSPS) is 28.0. The molecule has 2 bridgehead atoms. The van der Waals surface area contributed by atoms with Gasteiger partial charge in [0.1, 0.15) is 11.7 Å². The van der Waals surface area contributed by atoms with Crippen LogP contribution in [0.4, 0.5) is 13.2 Å². The van der Waals surface area contributed by atoms with Crippen molar-refractivity contribution in [1.82, 2.24) is 20.4 Å². The molecule has 3 saturated carbocycles. The summed E-state index contributed by atoms with van der Waals surface area (Å²) in [5.41, 5.74) is -0.832. The van der Waals surface area contributed by atoms with Crippen LogP contribution in [0.25, 0.3) is 11.4 Å². The molecule has 0 saturated heterocycles. The minimum atomic E-state index is -4.55. The highest BCUT2D eigenvalue weighted by Crippen LogP contribution is 2.73. The van der Waals surface area contributed by atoms with Gasteiger partial charge in [0.2, 0.25) is 17.6 Å². The minimum absolute atomic E-state index is 0.0204. The van der Waals surface area contributed by atoms with Gasteiger partial charge >= 0.3 is 6.18 Å². The highest BCUT2D eigenvalue weighted by atomic mass is 19.4. The van der Waals surface area contributed by atoms with Crippen LogP contribution in [0.2, 0.25) is 0 Å². The Kier molecular flexibility index (Phi) is 3.45. The number of pyridine rings is 1. The second kappa shape index (κ2) is 5.28. The quantitative estimate of drug-likeness (QED) is 0.895. The summed E-state index contributed by atoms with van der Waals surface area (Å²) in [6.07, 6.45) is -0.827. The first-order valence-electron chi connectivity index (χ1n) is 8.29. The van der Waals surface area contributed by atoms with Crippen molar-refractivity contribution in [3.8, 4) is 11.4 Å². The molecule has 138 valence electrons. The van der Waals surface area contributed by atoms with Gasteiger partial charge in [-0.1, -0.05) is 12.1 Å². The molecule has 1 amide bonds. The minimum Gasteiger partial charge on any atom is -0.344 e. The number of carbonyl (C=O) groups is 1. The lowest BCUT2D eigenvalue weighted by Crippen LogP contribution is -2.66. The highest BCUT2D eigenvalue weighted by molar-refractivity contribution is 5.86. The molecule has 1 atom stereocenters. The topological polar surface area (TPSA) is 80.9 Å². The fourth-order valence-corrected chi connectivity index (χ4v) is 4.20. The summed E-state index contributed by atoms with van der Waals surface area (Å²) in [5, 5.41) is 6.59. The van der Waals surface area contributed by atoms with Crippen LogP contribution in [-0.2, 0) is 11.0 Å². The zero-order valence-corrected chi connectivity index (χ0v) is 14.2. The van der Waals surface area contributed by atoms with Gasteiger partial charge in [-0.2, -0.15) is 18.2 Å². The van der Waals surface area contributed by atoms with Crippen LogP contribution < -0.4 is 5.32 Å². The Balaban J connectivity index is 1.47. The Morgan fingerprint density at radius 1 is 1.35 bits per heavy atom. The molecule has 0 aromatic carbocycles. The molecule has 3 fully saturated rings. The maximum atomic E-state index is 12.8. The Morgan fingerprint density at radius 2 is 2.04 bits per heavy atom. The number of nitrogens with one attached hydrogen (secondary N) is 1. The summed E-state index contributed by atoms with van der Waals surface area (Å²) in [4.78, 5) is 19.8. The first-order chi connectivity index (χ1) is 12.1. The van der Waals surface area contributed by atoms with Gasteiger partial charge in [-0.3, -0.25) is 9.78 Å². The maximum Gasteiger partial charge on any atom is 0.433 e. The van der Waals surface area contributed by atoms with E-state index in [0.717, 1.165) is 31.5 Å². The number of halogens is 3. The van der Waals surface area contributed by atoms with Gasteiger partial charge in [0.05, 0.1) is 5.41 Å². The predicted octanol–water partition coefficient (Wildman–Crippen LogP) is 3.52. The van der Waals surface area contributed by atoms with Crippen molar-refractivity contribution in [3.63, 3.8) is 0 Å². The van der Waals surface area contributed by atoms with Crippen molar-refractivity contribution in [2.24, 2.45) is 10.8 Å². The van der Waals surface area contributed by atoms with Crippen LogP contribution in [0.5, 0.6) is 0 Å². The van der Waals surface area contributed by atoms with E-state index in [1.54, 1.807) is 6.92 Å². The van der Waals surface area contributed by atoms with Crippen molar-refractivity contribution >= 4 is 5.91 Å². The van der Waals surface area contributed by atoms with E-state index in [1.165, 1.54) is 6.07 Å². The van der Waals surface area contributed by atoms with Crippen molar-refractivity contribution in [2.45, 2.75) is 45.3 Å². The van der Waals surface area contributed by atoms with Gasteiger partial charge in [-0.15, -0.1) is 0 Å². The van der Waals surface area contributed by atoms with Crippen LogP contribution in [0.1, 0.15) is 50.7 Å². The monoisotopic (exact) mass is 366 g/mol. The molecule has 2 aromatic heterocycles. The number of aromatic nitrogens is 3. The summed E-state index contributed by atoms with van der Waals surface area (Å²) in [7, 11) is 0. The van der Waals surface area contributed by atoms with Gasteiger partial charge in [0.25, 0.3) is 0 Å². The van der Waals surface area contributed by atoms with E-state index >= 15 is 0 Å². The number of nitrogens with zero attached hydrogens (tertiary/aromatic N) is 3. The zero-order valence-electron chi connectivity index (χ0n) is 14.2. The van der Waals surface area contributed by atoms with Crippen LogP contribution in [-0.4, -0.2) is 21.0 Å². The third-order valence-electron chi connectivity index (χ3n) is 5.25. The molecule has 0 radical (unpaired) electrons. The molecule has 3 aliphatic rings. The van der Waals surface area contributed by atoms with E-state index in [4.69, 9.17) is 4.52 Å². The van der Waals surface area contributed by atoms with Gasteiger partial charge in [-0.05, 0) is 43.7 Å². The maximum absolute atomic E-state index is 12.8. The molecule has 6 nitrogen and oxygen atoms in total.